The number of nitriles is 1. The first kappa shape index (κ1) is 43.3. The molecule has 16 aromatic rings. The van der Waals surface area contributed by atoms with Crippen LogP contribution >= 0.6 is 0 Å². The second kappa shape index (κ2) is 17.0. The zero-order valence-corrected chi connectivity index (χ0v) is 41.4. The first-order valence-electron chi connectivity index (χ1n) is 25.7. The molecule has 78 heavy (non-hydrogen) atoms. The first-order valence-corrected chi connectivity index (χ1v) is 25.7. The zero-order chi connectivity index (χ0) is 51.4. The zero-order valence-electron chi connectivity index (χ0n) is 41.4. The van der Waals surface area contributed by atoms with Gasteiger partial charge in [-0.25, -0.2) is 9.97 Å². The quantitative estimate of drug-likeness (QED) is 0.156. The summed E-state index contributed by atoms with van der Waals surface area (Å²) < 4.78 is 9.10. The lowest BCUT2D eigenvalue weighted by Gasteiger charge is -2.29. The van der Waals surface area contributed by atoms with E-state index >= 15 is 0 Å². The van der Waals surface area contributed by atoms with Gasteiger partial charge < -0.3 is 18.3 Å². The van der Waals surface area contributed by atoms with Crippen LogP contribution < -0.4 is 0 Å². The van der Waals surface area contributed by atoms with E-state index in [2.05, 4.69) is 176 Å². The van der Waals surface area contributed by atoms with Gasteiger partial charge >= 0.3 is 0 Å². The Balaban J connectivity index is 1.27. The van der Waals surface area contributed by atoms with Gasteiger partial charge in [-0.05, 0) is 54.6 Å². The SMILES string of the molecule is N#Cc1c(-n2c3ccccc3c3ccncc32)c(-n2c3ccccc3c3ccncc32)c(-c2cc(-c3ccccc3)nc(-c3ccccc3)n2)c(-n2c3ccccc3c3ccncc32)c1-n1c2ccccc2c2ccncc21. The van der Waals surface area contributed by atoms with Crippen molar-refractivity contribution < 1.29 is 0 Å². The average molecular weight is 998 g/mol. The minimum atomic E-state index is 0.395. The molecule has 0 N–H and O–H groups in total. The summed E-state index contributed by atoms with van der Waals surface area (Å²) in [5, 5.41) is 20.9. The Morgan fingerprint density at radius 2 is 0.628 bits per heavy atom. The molecule has 0 amide bonds. The lowest BCUT2D eigenvalue weighted by Crippen LogP contribution is -2.17. The molecule has 11 heteroatoms. The van der Waals surface area contributed by atoms with E-state index < -0.39 is 0 Å². The van der Waals surface area contributed by atoms with Gasteiger partial charge in [0.05, 0.1) is 109 Å². The monoisotopic (exact) mass is 997 g/mol. The van der Waals surface area contributed by atoms with Crippen molar-refractivity contribution >= 4 is 87.2 Å². The minimum Gasteiger partial charge on any atom is -0.305 e. The Kier molecular flexibility index (Phi) is 9.43. The van der Waals surface area contributed by atoms with Crippen LogP contribution in [0.15, 0.2) is 238 Å². The number of benzene rings is 7. The average Bonchev–Trinajstić information content (AvgIpc) is 4.30. The number of fused-ring (bicyclic) bond motifs is 12. The van der Waals surface area contributed by atoms with Crippen LogP contribution in [0.2, 0.25) is 0 Å². The predicted molar refractivity (Wildman–Crippen MR) is 312 cm³/mol. The lowest BCUT2D eigenvalue weighted by atomic mass is 9.95. The van der Waals surface area contributed by atoms with E-state index in [0.29, 0.717) is 39.8 Å². The molecule has 0 bridgehead atoms. The predicted octanol–water partition coefficient (Wildman–Crippen LogP) is 15.3. The summed E-state index contributed by atoms with van der Waals surface area (Å²) in [4.78, 5) is 30.6. The fourth-order valence-electron chi connectivity index (χ4n) is 12.2. The molecule has 0 radical (unpaired) electrons. The van der Waals surface area contributed by atoms with Gasteiger partial charge in [-0.15, -0.1) is 0 Å². The first-order chi connectivity index (χ1) is 38.7. The molecule has 7 aromatic carbocycles. The highest BCUT2D eigenvalue weighted by Crippen LogP contribution is 2.52. The second-order valence-corrected chi connectivity index (χ2v) is 19.4. The summed E-state index contributed by atoms with van der Waals surface area (Å²) in [7, 11) is 0. The Bertz CT molecular complexity index is 4650. The number of hydrogen-bond acceptors (Lipinski definition) is 7. The number of para-hydroxylation sites is 4. The summed E-state index contributed by atoms with van der Waals surface area (Å²) in [5.74, 6) is 0.534. The molecule has 0 saturated heterocycles. The molecular weight excluding hydrogens is 959 g/mol. The summed E-state index contributed by atoms with van der Waals surface area (Å²) in [6, 6.07) is 67.5. The van der Waals surface area contributed by atoms with Crippen LogP contribution in [0.25, 0.3) is 144 Å². The van der Waals surface area contributed by atoms with E-state index in [1.54, 1.807) is 0 Å². The van der Waals surface area contributed by atoms with Crippen LogP contribution in [0, 0.1) is 11.3 Å². The van der Waals surface area contributed by atoms with Crippen molar-refractivity contribution in [1.82, 2.24) is 48.2 Å². The van der Waals surface area contributed by atoms with Crippen molar-refractivity contribution in [2.45, 2.75) is 0 Å². The highest BCUT2D eigenvalue weighted by atomic mass is 15.1. The Morgan fingerprint density at radius 3 is 1.01 bits per heavy atom. The third-order valence-electron chi connectivity index (χ3n) is 15.4. The highest BCUT2D eigenvalue weighted by Gasteiger charge is 2.36. The molecule has 0 saturated carbocycles. The molecule has 0 aliphatic carbocycles. The summed E-state index contributed by atoms with van der Waals surface area (Å²) in [6.07, 6.45) is 15.1. The molecule has 0 fully saturated rings. The van der Waals surface area contributed by atoms with Gasteiger partial charge in [0.1, 0.15) is 11.6 Å². The number of hydrogen-bond donors (Lipinski definition) is 0. The molecule has 16 rings (SSSR count). The molecule has 0 aliphatic heterocycles. The van der Waals surface area contributed by atoms with E-state index in [-0.39, 0.29) is 0 Å². The van der Waals surface area contributed by atoms with Crippen LogP contribution in [0.5, 0.6) is 0 Å². The number of nitrogens with zero attached hydrogens (tertiary/aromatic N) is 11. The molecule has 9 heterocycles. The molecule has 0 aliphatic rings. The van der Waals surface area contributed by atoms with Gasteiger partial charge in [0, 0.05) is 79.0 Å². The highest BCUT2D eigenvalue weighted by molar-refractivity contribution is 6.17. The van der Waals surface area contributed by atoms with Gasteiger partial charge in [-0.3, -0.25) is 19.9 Å². The molecular formula is C67H39N11. The fourth-order valence-corrected chi connectivity index (χ4v) is 12.2. The maximum Gasteiger partial charge on any atom is 0.160 e. The number of rotatable bonds is 7. The third-order valence-corrected chi connectivity index (χ3v) is 15.4. The Labute approximate surface area is 444 Å². The van der Waals surface area contributed by atoms with Crippen molar-refractivity contribution in [2.24, 2.45) is 0 Å². The molecule has 0 unspecified atom stereocenters. The second-order valence-electron chi connectivity index (χ2n) is 19.4. The number of aromatic nitrogens is 10. The smallest absolute Gasteiger partial charge is 0.160 e. The third kappa shape index (κ3) is 6.19. The van der Waals surface area contributed by atoms with Crippen molar-refractivity contribution in [3.05, 3.63) is 243 Å². The molecule has 0 atom stereocenters. The van der Waals surface area contributed by atoms with Gasteiger partial charge in [0.25, 0.3) is 0 Å². The maximum absolute atomic E-state index is 12.9. The van der Waals surface area contributed by atoms with Gasteiger partial charge in [-0.2, -0.15) is 5.26 Å². The van der Waals surface area contributed by atoms with Crippen molar-refractivity contribution in [2.75, 3.05) is 0 Å². The molecule has 362 valence electrons. The van der Waals surface area contributed by atoms with Crippen molar-refractivity contribution in [3.8, 4) is 62.7 Å². The molecule has 0 spiro atoms. The minimum absolute atomic E-state index is 0.395. The van der Waals surface area contributed by atoms with Crippen LogP contribution in [0.3, 0.4) is 0 Å². The van der Waals surface area contributed by atoms with Crippen molar-refractivity contribution in [1.29, 1.82) is 5.26 Å². The van der Waals surface area contributed by atoms with E-state index in [1.165, 1.54) is 0 Å². The summed E-state index contributed by atoms with van der Waals surface area (Å²) in [5.41, 5.74) is 13.8. The fraction of sp³-hybridized carbons (Fsp3) is 0. The number of pyridine rings is 4. The van der Waals surface area contributed by atoms with E-state index in [4.69, 9.17) is 29.9 Å². The topological polar surface area (TPSA) is 121 Å². The summed E-state index contributed by atoms with van der Waals surface area (Å²) >= 11 is 0. The van der Waals surface area contributed by atoms with Gasteiger partial charge in [0.15, 0.2) is 5.82 Å². The molecule has 11 nitrogen and oxygen atoms in total. The lowest BCUT2D eigenvalue weighted by molar-refractivity contribution is 1.02. The van der Waals surface area contributed by atoms with Crippen LogP contribution in [0.1, 0.15) is 5.56 Å². The van der Waals surface area contributed by atoms with Crippen molar-refractivity contribution in [3.63, 3.8) is 0 Å². The van der Waals surface area contributed by atoms with Crippen LogP contribution in [-0.4, -0.2) is 48.2 Å². The Hall–Kier alpha value is -11.1. The van der Waals surface area contributed by atoms with E-state index in [1.807, 2.05) is 86.0 Å². The standard InChI is InChI=1S/C67H39N11/c68-36-51-63(75-54-23-11-7-19-43(54)47-27-31-69-37-58(47)75)65(77-56-25-13-9-21-45(56)49-29-33-71-39-60(49)77)62(53-35-52(41-15-3-1-4-16-41)73-67(74-53)42-17-5-2-6-18-42)66(78-57-26-14-10-22-46(57)50-30-34-72-40-61(50)78)64(51)76-55-24-12-8-20-44(55)48-28-32-70-38-59(48)76/h1-35,37-40H. The van der Waals surface area contributed by atoms with Crippen LogP contribution in [0.4, 0.5) is 0 Å². The normalized spacial score (nSPS) is 11.8. The van der Waals surface area contributed by atoms with Gasteiger partial charge in [-0.1, -0.05) is 133 Å². The Morgan fingerprint density at radius 1 is 0.308 bits per heavy atom. The maximum atomic E-state index is 12.9. The van der Waals surface area contributed by atoms with Gasteiger partial charge in [0.2, 0.25) is 0 Å². The van der Waals surface area contributed by atoms with E-state index in [0.717, 1.165) is 110 Å². The molecule has 9 aromatic heterocycles. The summed E-state index contributed by atoms with van der Waals surface area (Å²) in [6.45, 7) is 0. The van der Waals surface area contributed by atoms with E-state index in [9.17, 15) is 5.26 Å². The largest absolute Gasteiger partial charge is 0.305 e. The van der Waals surface area contributed by atoms with Crippen LogP contribution in [-0.2, 0) is 0 Å².